The van der Waals surface area contributed by atoms with Crippen molar-refractivity contribution in [1.82, 2.24) is 4.98 Å². The maximum Gasteiger partial charge on any atom is 0.128 e. The lowest BCUT2D eigenvalue weighted by atomic mass is 10.1. The number of para-hydroxylation sites is 2. The molecule has 0 spiro atoms. The number of nitrogen functional groups attached to an aromatic ring is 1. The van der Waals surface area contributed by atoms with Gasteiger partial charge in [-0.2, -0.15) is 0 Å². The smallest absolute Gasteiger partial charge is 0.128 e. The number of fused-ring (bicyclic) bond motifs is 1. The van der Waals surface area contributed by atoms with Crippen LogP contribution in [0.4, 0.5) is 17.2 Å². The normalized spacial score (nSPS) is 14.4. The van der Waals surface area contributed by atoms with Gasteiger partial charge in [0.25, 0.3) is 0 Å². The van der Waals surface area contributed by atoms with Crippen molar-refractivity contribution in [3.63, 3.8) is 0 Å². The minimum absolute atomic E-state index is 0.624. The largest absolute Gasteiger partial charge is 0.383 e. The first-order valence-electron chi connectivity index (χ1n) is 6.50. The van der Waals surface area contributed by atoms with Crippen molar-refractivity contribution in [2.75, 3.05) is 35.7 Å². The molecule has 0 atom stereocenters. The van der Waals surface area contributed by atoms with Gasteiger partial charge in [0, 0.05) is 38.4 Å². The molecular weight excluding hydrogens is 236 g/mol. The highest BCUT2D eigenvalue weighted by Gasteiger charge is 2.20. The molecule has 2 N–H and O–H groups in total. The Kier molecular flexibility index (Phi) is 2.99. The molecule has 0 unspecified atom stereocenters. The quantitative estimate of drug-likeness (QED) is 0.891. The molecule has 1 aliphatic heterocycles. The number of anilines is 3. The summed E-state index contributed by atoms with van der Waals surface area (Å²) in [4.78, 5) is 8.81. The Hall–Kier alpha value is -2.23. The molecule has 0 amide bonds. The summed E-state index contributed by atoms with van der Waals surface area (Å²) < 4.78 is 0. The average Bonchev–Trinajstić information content (AvgIpc) is 2.44. The Bertz CT molecular complexity index is 582. The van der Waals surface area contributed by atoms with Gasteiger partial charge in [-0.1, -0.05) is 18.2 Å². The molecule has 0 fully saturated rings. The number of pyridine rings is 1. The van der Waals surface area contributed by atoms with E-state index in [0.717, 1.165) is 25.2 Å². The van der Waals surface area contributed by atoms with Gasteiger partial charge in [0.15, 0.2) is 0 Å². The van der Waals surface area contributed by atoms with Crippen LogP contribution in [-0.4, -0.2) is 25.1 Å². The van der Waals surface area contributed by atoms with E-state index < -0.39 is 0 Å². The molecule has 0 radical (unpaired) electrons. The minimum atomic E-state index is 0.624. The third-order valence-electron chi connectivity index (χ3n) is 3.63. The summed E-state index contributed by atoms with van der Waals surface area (Å²) in [6, 6.07) is 12.5. The van der Waals surface area contributed by atoms with Crippen LogP contribution in [0, 0.1) is 0 Å². The highest BCUT2D eigenvalue weighted by Crippen LogP contribution is 2.32. The Balaban J connectivity index is 1.91. The molecule has 3 rings (SSSR count). The number of hydrogen-bond donors (Lipinski definition) is 1. The van der Waals surface area contributed by atoms with E-state index >= 15 is 0 Å². The van der Waals surface area contributed by atoms with Gasteiger partial charge in [-0.05, 0) is 18.2 Å². The summed E-state index contributed by atoms with van der Waals surface area (Å²) >= 11 is 0. The zero-order valence-electron chi connectivity index (χ0n) is 11.1. The first-order valence-corrected chi connectivity index (χ1v) is 6.50. The van der Waals surface area contributed by atoms with Crippen LogP contribution in [0.1, 0.15) is 5.56 Å². The van der Waals surface area contributed by atoms with Gasteiger partial charge in [0.05, 0.1) is 11.4 Å². The molecular formula is C15H18N4. The summed E-state index contributed by atoms with van der Waals surface area (Å²) in [5, 5.41) is 0. The van der Waals surface area contributed by atoms with Crippen molar-refractivity contribution in [1.29, 1.82) is 0 Å². The molecule has 1 aliphatic rings. The van der Waals surface area contributed by atoms with Crippen LogP contribution in [0.15, 0.2) is 42.6 Å². The molecule has 1 aromatic carbocycles. The fourth-order valence-corrected chi connectivity index (χ4v) is 2.52. The van der Waals surface area contributed by atoms with Gasteiger partial charge in [-0.3, -0.25) is 0 Å². The van der Waals surface area contributed by atoms with Crippen LogP contribution in [0.3, 0.4) is 0 Å². The summed E-state index contributed by atoms with van der Waals surface area (Å²) in [5.41, 5.74) is 9.56. The second-order valence-corrected chi connectivity index (χ2v) is 4.88. The van der Waals surface area contributed by atoms with Crippen LogP contribution in [0.5, 0.6) is 0 Å². The molecule has 0 bridgehead atoms. The van der Waals surface area contributed by atoms with E-state index in [9.17, 15) is 0 Å². The lowest BCUT2D eigenvalue weighted by molar-refractivity contribution is 0.734. The van der Waals surface area contributed by atoms with Gasteiger partial charge in [-0.15, -0.1) is 0 Å². The lowest BCUT2D eigenvalue weighted by Gasteiger charge is -2.37. The molecule has 0 saturated heterocycles. The fraction of sp³-hybridized carbons (Fsp3) is 0.267. The van der Waals surface area contributed by atoms with E-state index in [1.807, 2.05) is 12.1 Å². The Morgan fingerprint density at radius 2 is 1.89 bits per heavy atom. The lowest BCUT2D eigenvalue weighted by Crippen LogP contribution is -2.38. The van der Waals surface area contributed by atoms with Gasteiger partial charge in [0.1, 0.15) is 5.82 Å². The zero-order chi connectivity index (χ0) is 13.2. The number of hydrogen-bond acceptors (Lipinski definition) is 4. The summed E-state index contributed by atoms with van der Waals surface area (Å²) in [7, 11) is 2.13. The van der Waals surface area contributed by atoms with Crippen molar-refractivity contribution in [2.24, 2.45) is 0 Å². The number of nitrogens with two attached hydrogens (primary N) is 1. The number of nitrogens with zero attached hydrogens (tertiary/aromatic N) is 3. The summed E-state index contributed by atoms with van der Waals surface area (Å²) in [6.45, 7) is 2.84. The first kappa shape index (κ1) is 11.8. The van der Waals surface area contributed by atoms with E-state index in [1.54, 1.807) is 6.20 Å². The van der Waals surface area contributed by atoms with Gasteiger partial charge < -0.3 is 15.5 Å². The third-order valence-corrected chi connectivity index (χ3v) is 3.63. The highest BCUT2D eigenvalue weighted by atomic mass is 15.2. The standard InChI is InChI=1S/C15H18N4/c1-18-9-10-19(14-7-3-2-6-13(14)18)11-12-5-4-8-17-15(12)16/h2-8H,9-11H2,1H3,(H2,16,17). The highest BCUT2D eigenvalue weighted by molar-refractivity contribution is 5.73. The maximum absolute atomic E-state index is 5.94. The molecule has 0 saturated carbocycles. The van der Waals surface area contributed by atoms with Crippen molar-refractivity contribution in [3.8, 4) is 0 Å². The molecule has 2 heterocycles. The van der Waals surface area contributed by atoms with Crippen molar-refractivity contribution >= 4 is 17.2 Å². The van der Waals surface area contributed by atoms with Crippen molar-refractivity contribution in [2.45, 2.75) is 6.54 Å². The maximum atomic E-state index is 5.94. The minimum Gasteiger partial charge on any atom is -0.383 e. The Morgan fingerprint density at radius 3 is 2.68 bits per heavy atom. The van der Waals surface area contributed by atoms with E-state index in [0.29, 0.717) is 5.82 Å². The van der Waals surface area contributed by atoms with Gasteiger partial charge >= 0.3 is 0 Å². The zero-order valence-corrected chi connectivity index (χ0v) is 11.1. The van der Waals surface area contributed by atoms with Crippen LogP contribution < -0.4 is 15.5 Å². The first-order chi connectivity index (χ1) is 9.25. The molecule has 2 aromatic rings. The van der Waals surface area contributed by atoms with Crippen molar-refractivity contribution in [3.05, 3.63) is 48.2 Å². The van der Waals surface area contributed by atoms with Crippen molar-refractivity contribution < 1.29 is 0 Å². The van der Waals surface area contributed by atoms with E-state index in [2.05, 4.69) is 46.1 Å². The number of benzene rings is 1. The predicted molar refractivity (Wildman–Crippen MR) is 79.4 cm³/mol. The second-order valence-electron chi connectivity index (χ2n) is 4.88. The SMILES string of the molecule is CN1CCN(Cc2cccnc2N)c2ccccc21. The molecule has 19 heavy (non-hydrogen) atoms. The van der Waals surface area contributed by atoms with E-state index in [-0.39, 0.29) is 0 Å². The second kappa shape index (κ2) is 4.80. The third kappa shape index (κ3) is 2.21. The summed E-state index contributed by atoms with van der Waals surface area (Å²) in [6.07, 6.45) is 1.73. The fourth-order valence-electron chi connectivity index (χ4n) is 2.52. The topological polar surface area (TPSA) is 45.4 Å². The van der Waals surface area contributed by atoms with Crippen LogP contribution >= 0.6 is 0 Å². The predicted octanol–water partition coefficient (Wildman–Crippen LogP) is 2.12. The van der Waals surface area contributed by atoms with Gasteiger partial charge in [-0.25, -0.2) is 4.98 Å². The molecule has 4 heteroatoms. The summed E-state index contributed by atoms with van der Waals surface area (Å²) in [5.74, 6) is 0.624. The Labute approximate surface area is 113 Å². The molecule has 4 nitrogen and oxygen atoms in total. The molecule has 98 valence electrons. The number of rotatable bonds is 2. The Morgan fingerprint density at radius 1 is 1.11 bits per heavy atom. The van der Waals surface area contributed by atoms with Gasteiger partial charge in [0.2, 0.25) is 0 Å². The molecule has 0 aliphatic carbocycles. The van der Waals surface area contributed by atoms with Crippen LogP contribution in [0.2, 0.25) is 0 Å². The van der Waals surface area contributed by atoms with Crippen LogP contribution in [0.25, 0.3) is 0 Å². The van der Waals surface area contributed by atoms with E-state index in [4.69, 9.17) is 5.73 Å². The van der Waals surface area contributed by atoms with Crippen LogP contribution in [-0.2, 0) is 6.54 Å². The monoisotopic (exact) mass is 254 g/mol. The van der Waals surface area contributed by atoms with E-state index in [1.165, 1.54) is 11.4 Å². The number of aromatic nitrogens is 1. The molecule has 1 aromatic heterocycles. The number of likely N-dealkylation sites (N-methyl/N-ethyl adjacent to an activating group) is 1. The average molecular weight is 254 g/mol.